The number of hydrazone groups is 1. The zero-order valence-electron chi connectivity index (χ0n) is 15.3. The van der Waals surface area contributed by atoms with Crippen molar-refractivity contribution in [3.05, 3.63) is 48.0 Å². The molecule has 2 rings (SSSR count). The first-order valence-electron chi connectivity index (χ1n) is 8.11. The zero-order chi connectivity index (χ0) is 18.9. The van der Waals surface area contributed by atoms with Gasteiger partial charge < -0.3 is 19.5 Å². The van der Waals surface area contributed by atoms with Crippen LogP contribution in [-0.2, 0) is 0 Å². The highest BCUT2D eigenvalue weighted by Crippen LogP contribution is 2.28. The van der Waals surface area contributed by atoms with Crippen molar-refractivity contribution in [2.45, 2.75) is 13.3 Å². The predicted octanol–water partition coefficient (Wildman–Crippen LogP) is 3.81. The van der Waals surface area contributed by atoms with Crippen LogP contribution in [0.5, 0.6) is 17.2 Å². The first-order chi connectivity index (χ1) is 12.6. The van der Waals surface area contributed by atoms with E-state index in [-0.39, 0.29) is 0 Å². The van der Waals surface area contributed by atoms with Gasteiger partial charge >= 0.3 is 0 Å². The van der Waals surface area contributed by atoms with E-state index >= 15 is 0 Å². The Kier molecular flexibility index (Phi) is 7.23. The molecule has 0 radical (unpaired) electrons. The Morgan fingerprint density at radius 3 is 2.31 bits per heavy atom. The molecule has 2 N–H and O–H groups in total. The number of methoxy groups -OCH3 is 3. The molecule has 0 saturated carbocycles. The van der Waals surface area contributed by atoms with Crippen LogP contribution >= 0.6 is 12.2 Å². The average molecular weight is 373 g/mol. The molecule has 0 aliphatic carbocycles. The topological polar surface area (TPSA) is 64.1 Å². The lowest BCUT2D eigenvalue weighted by atomic mass is 10.1. The Hall–Kier alpha value is -2.80. The molecule has 0 unspecified atom stereocenters. The zero-order valence-corrected chi connectivity index (χ0v) is 16.1. The smallest absolute Gasteiger partial charge is 0.191 e. The first-order valence-corrected chi connectivity index (χ1v) is 8.52. The van der Waals surface area contributed by atoms with Crippen LogP contribution in [0.2, 0.25) is 0 Å². The number of hydrogen-bond acceptors (Lipinski definition) is 5. The van der Waals surface area contributed by atoms with Gasteiger partial charge in [-0.05, 0) is 49.0 Å². The van der Waals surface area contributed by atoms with Gasteiger partial charge in [0, 0.05) is 5.56 Å². The molecule has 0 amide bonds. The lowest BCUT2D eigenvalue weighted by molar-refractivity contribution is 0.355. The largest absolute Gasteiger partial charge is 0.495 e. The molecule has 26 heavy (non-hydrogen) atoms. The van der Waals surface area contributed by atoms with Gasteiger partial charge in [-0.25, -0.2) is 0 Å². The average Bonchev–Trinajstić information content (AvgIpc) is 2.68. The summed E-state index contributed by atoms with van der Waals surface area (Å²) in [5.74, 6) is 2.03. The minimum atomic E-state index is 0.376. The van der Waals surface area contributed by atoms with Crippen LogP contribution < -0.4 is 25.0 Å². The number of anilines is 1. The molecule has 0 saturated heterocycles. The summed E-state index contributed by atoms with van der Waals surface area (Å²) in [6.45, 7) is 2.02. The lowest BCUT2D eigenvalue weighted by Crippen LogP contribution is -2.25. The normalized spacial score (nSPS) is 10.8. The quantitative estimate of drug-likeness (QED) is 0.437. The fraction of sp³-hybridized carbons (Fsp3) is 0.263. The highest BCUT2D eigenvalue weighted by molar-refractivity contribution is 7.80. The molecule has 0 aliphatic rings. The van der Waals surface area contributed by atoms with Crippen molar-refractivity contribution in [3.8, 4) is 17.2 Å². The molecule has 0 aliphatic heterocycles. The summed E-state index contributed by atoms with van der Waals surface area (Å²) in [6, 6.07) is 13.2. The molecular formula is C19H23N3O3S. The van der Waals surface area contributed by atoms with Gasteiger partial charge in [-0.1, -0.05) is 19.1 Å². The number of thiocarbonyl (C=S) groups is 1. The maximum Gasteiger partial charge on any atom is 0.191 e. The first kappa shape index (κ1) is 19.5. The molecule has 0 spiro atoms. The highest BCUT2D eigenvalue weighted by atomic mass is 32.1. The molecule has 6 nitrogen and oxygen atoms in total. The van der Waals surface area contributed by atoms with E-state index in [2.05, 4.69) is 15.8 Å². The fourth-order valence-electron chi connectivity index (χ4n) is 2.38. The molecule has 138 valence electrons. The SMILES string of the molecule is CC/C(=N\NC(=S)Nc1ccccc1OC)c1ccc(OC)c(OC)c1. The minimum Gasteiger partial charge on any atom is -0.495 e. The Morgan fingerprint density at radius 2 is 1.65 bits per heavy atom. The van der Waals surface area contributed by atoms with Crippen molar-refractivity contribution >= 4 is 28.7 Å². The van der Waals surface area contributed by atoms with E-state index in [9.17, 15) is 0 Å². The third-order valence-electron chi connectivity index (χ3n) is 3.70. The van der Waals surface area contributed by atoms with Gasteiger partial charge in [-0.15, -0.1) is 0 Å². The van der Waals surface area contributed by atoms with E-state index in [0.29, 0.717) is 22.4 Å². The highest BCUT2D eigenvalue weighted by Gasteiger charge is 2.09. The Bertz CT molecular complexity index is 793. The number of nitrogens with one attached hydrogen (secondary N) is 2. The van der Waals surface area contributed by atoms with Gasteiger partial charge in [-0.2, -0.15) is 5.10 Å². The number of nitrogens with zero attached hydrogens (tertiary/aromatic N) is 1. The van der Waals surface area contributed by atoms with Crippen LogP contribution in [0.1, 0.15) is 18.9 Å². The molecule has 0 bridgehead atoms. The Morgan fingerprint density at radius 1 is 0.962 bits per heavy atom. The molecule has 0 fully saturated rings. The molecular weight excluding hydrogens is 350 g/mol. The van der Waals surface area contributed by atoms with Crippen molar-refractivity contribution in [1.82, 2.24) is 5.43 Å². The number of ether oxygens (including phenoxy) is 3. The van der Waals surface area contributed by atoms with Crippen LogP contribution in [0.15, 0.2) is 47.6 Å². The summed E-state index contributed by atoms with van der Waals surface area (Å²) < 4.78 is 15.9. The summed E-state index contributed by atoms with van der Waals surface area (Å²) in [5, 5.41) is 7.87. The summed E-state index contributed by atoms with van der Waals surface area (Å²) in [6.07, 6.45) is 0.722. The molecule has 7 heteroatoms. The van der Waals surface area contributed by atoms with Gasteiger partial charge in [0.2, 0.25) is 0 Å². The van der Waals surface area contributed by atoms with Gasteiger partial charge in [0.25, 0.3) is 0 Å². The Balaban J connectivity index is 2.12. The lowest BCUT2D eigenvalue weighted by Gasteiger charge is -2.13. The van der Waals surface area contributed by atoms with E-state index in [1.807, 2.05) is 49.4 Å². The predicted molar refractivity (Wildman–Crippen MR) is 109 cm³/mol. The molecule has 0 aromatic heterocycles. The van der Waals surface area contributed by atoms with E-state index in [1.54, 1.807) is 21.3 Å². The summed E-state index contributed by atoms with van der Waals surface area (Å²) in [5.41, 5.74) is 5.42. The van der Waals surface area contributed by atoms with Crippen LogP contribution in [0.25, 0.3) is 0 Å². The van der Waals surface area contributed by atoms with Crippen LogP contribution in [0.4, 0.5) is 5.69 Å². The van der Waals surface area contributed by atoms with Crippen molar-refractivity contribution in [3.63, 3.8) is 0 Å². The summed E-state index contributed by atoms with van der Waals surface area (Å²) in [7, 11) is 4.83. The van der Waals surface area contributed by atoms with E-state index < -0.39 is 0 Å². The van der Waals surface area contributed by atoms with E-state index in [1.165, 1.54) is 0 Å². The monoisotopic (exact) mass is 373 g/mol. The van der Waals surface area contributed by atoms with Gasteiger partial charge in [0.05, 0.1) is 32.7 Å². The molecule has 2 aromatic rings. The van der Waals surface area contributed by atoms with Gasteiger partial charge in [0.15, 0.2) is 16.6 Å². The van der Waals surface area contributed by atoms with Crippen LogP contribution in [-0.4, -0.2) is 32.2 Å². The number of hydrogen-bond donors (Lipinski definition) is 2. The number of rotatable bonds is 7. The molecule has 0 heterocycles. The van der Waals surface area contributed by atoms with Crippen molar-refractivity contribution < 1.29 is 14.2 Å². The maximum absolute atomic E-state index is 5.35. The third-order valence-corrected chi connectivity index (χ3v) is 3.89. The van der Waals surface area contributed by atoms with Crippen LogP contribution in [0, 0.1) is 0 Å². The van der Waals surface area contributed by atoms with Crippen molar-refractivity contribution in [2.24, 2.45) is 5.10 Å². The van der Waals surface area contributed by atoms with Gasteiger partial charge in [-0.3, -0.25) is 5.43 Å². The Labute approximate surface area is 159 Å². The molecule has 0 atom stereocenters. The third kappa shape index (κ3) is 4.86. The minimum absolute atomic E-state index is 0.376. The number of para-hydroxylation sites is 2. The number of benzene rings is 2. The maximum atomic E-state index is 5.35. The van der Waals surface area contributed by atoms with Crippen LogP contribution in [0.3, 0.4) is 0 Å². The summed E-state index contributed by atoms with van der Waals surface area (Å²) >= 11 is 5.32. The second kappa shape index (κ2) is 9.62. The van der Waals surface area contributed by atoms with E-state index in [0.717, 1.165) is 23.4 Å². The fourth-order valence-corrected chi connectivity index (χ4v) is 2.54. The van der Waals surface area contributed by atoms with Crippen molar-refractivity contribution in [1.29, 1.82) is 0 Å². The summed E-state index contributed by atoms with van der Waals surface area (Å²) in [4.78, 5) is 0. The standard InChI is InChI=1S/C19H23N3O3S/c1-5-14(13-10-11-17(24-3)18(12-13)25-4)21-22-19(26)20-15-8-6-7-9-16(15)23-2/h6-12H,5H2,1-4H3,(H2,20,22,26)/b21-14+. The van der Waals surface area contributed by atoms with Crippen molar-refractivity contribution in [2.75, 3.05) is 26.6 Å². The van der Waals surface area contributed by atoms with Gasteiger partial charge in [0.1, 0.15) is 5.75 Å². The van der Waals surface area contributed by atoms with E-state index in [4.69, 9.17) is 26.4 Å². The second-order valence-electron chi connectivity index (χ2n) is 5.25. The molecule has 2 aromatic carbocycles. The second-order valence-corrected chi connectivity index (χ2v) is 5.66.